The highest BCUT2D eigenvalue weighted by Crippen LogP contribution is 2.45. The summed E-state index contributed by atoms with van der Waals surface area (Å²) in [5.41, 5.74) is 3.60. The molecule has 3 aromatic carbocycles. The molecule has 0 unspecified atom stereocenters. The lowest BCUT2D eigenvalue weighted by Crippen LogP contribution is -2.29. The molecule has 0 bridgehead atoms. The van der Waals surface area contributed by atoms with E-state index in [2.05, 4.69) is 0 Å². The lowest BCUT2D eigenvalue weighted by molar-refractivity contribution is -0.123. The van der Waals surface area contributed by atoms with E-state index in [4.69, 9.17) is 0 Å². The first-order valence-corrected chi connectivity index (χ1v) is 10.7. The van der Waals surface area contributed by atoms with Gasteiger partial charge in [0.25, 0.3) is 17.1 Å². The first kappa shape index (κ1) is 19.3. The number of hydrogen-bond donors (Lipinski definition) is 0. The second kappa shape index (κ2) is 7.89. The van der Waals surface area contributed by atoms with E-state index in [1.807, 2.05) is 84.9 Å². The monoisotopic (exact) mass is 426 g/mol. The van der Waals surface area contributed by atoms with Gasteiger partial charge in [-0.15, -0.1) is 0 Å². The normalized spacial score (nSPS) is 18.1. The number of para-hydroxylation sites is 1. The van der Waals surface area contributed by atoms with Gasteiger partial charge in [0, 0.05) is 5.56 Å². The molecule has 1 saturated heterocycles. The number of carbonyl (C=O) groups excluding carboxylic acids is 3. The summed E-state index contributed by atoms with van der Waals surface area (Å²) in [5.74, 6) is -0.672. The van der Waals surface area contributed by atoms with Crippen molar-refractivity contribution in [3.05, 3.63) is 107 Å². The fourth-order valence-corrected chi connectivity index (χ4v) is 4.80. The van der Waals surface area contributed by atoms with Crippen LogP contribution >= 0.6 is 11.8 Å². The van der Waals surface area contributed by atoms with Crippen molar-refractivity contribution in [3.8, 4) is 0 Å². The molecule has 0 N–H and O–H groups in total. The van der Waals surface area contributed by atoms with Gasteiger partial charge in [-0.25, -0.2) is 0 Å². The number of benzene rings is 3. The Balaban J connectivity index is 1.52. The Morgan fingerprint density at radius 1 is 0.613 bits per heavy atom. The SMILES string of the molecule is O=C1S/C(=C2\C(=O)N(Cc3ccccc3)c3ccccc32)C(=O)N1Cc1ccccc1. The molecule has 6 heteroatoms. The van der Waals surface area contributed by atoms with Gasteiger partial charge in [0.1, 0.15) is 0 Å². The lowest BCUT2D eigenvalue weighted by Gasteiger charge is -2.17. The molecule has 3 aromatic rings. The van der Waals surface area contributed by atoms with E-state index in [0.29, 0.717) is 17.7 Å². The van der Waals surface area contributed by atoms with Crippen LogP contribution in [0.1, 0.15) is 16.7 Å². The molecule has 152 valence electrons. The highest BCUT2D eigenvalue weighted by molar-refractivity contribution is 8.18. The lowest BCUT2D eigenvalue weighted by atomic mass is 10.1. The van der Waals surface area contributed by atoms with Gasteiger partial charge in [-0.3, -0.25) is 19.3 Å². The first-order valence-electron chi connectivity index (χ1n) is 9.90. The van der Waals surface area contributed by atoms with Crippen LogP contribution in [0, 0.1) is 0 Å². The van der Waals surface area contributed by atoms with Crippen molar-refractivity contribution < 1.29 is 14.4 Å². The van der Waals surface area contributed by atoms with Crippen LogP contribution in [0.3, 0.4) is 0 Å². The summed E-state index contributed by atoms with van der Waals surface area (Å²) in [6, 6.07) is 26.5. The van der Waals surface area contributed by atoms with Crippen LogP contribution in [-0.4, -0.2) is 22.0 Å². The van der Waals surface area contributed by atoms with Crippen molar-refractivity contribution in [2.75, 3.05) is 4.90 Å². The fourth-order valence-electron chi connectivity index (χ4n) is 3.87. The van der Waals surface area contributed by atoms with Crippen molar-refractivity contribution in [2.24, 2.45) is 0 Å². The summed E-state index contributed by atoms with van der Waals surface area (Å²) >= 11 is 0.844. The number of hydrogen-bond acceptors (Lipinski definition) is 4. The van der Waals surface area contributed by atoms with E-state index in [1.54, 1.807) is 4.90 Å². The number of amides is 3. The topological polar surface area (TPSA) is 57.7 Å². The Bertz CT molecular complexity index is 1220. The molecule has 2 heterocycles. The number of nitrogens with zero attached hydrogens (tertiary/aromatic N) is 2. The summed E-state index contributed by atoms with van der Waals surface area (Å²) < 4.78 is 0. The van der Waals surface area contributed by atoms with Crippen LogP contribution in [0.25, 0.3) is 5.57 Å². The molecule has 5 rings (SSSR count). The summed E-state index contributed by atoms with van der Waals surface area (Å²) in [6.07, 6.45) is 0. The number of thioether (sulfide) groups is 1. The minimum Gasteiger partial charge on any atom is -0.303 e. The Morgan fingerprint density at radius 3 is 1.81 bits per heavy atom. The molecule has 0 saturated carbocycles. The van der Waals surface area contributed by atoms with Crippen LogP contribution in [0.2, 0.25) is 0 Å². The van der Waals surface area contributed by atoms with E-state index < -0.39 is 5.91 Å². The highest BCUT2D eigenvalue weighted by atomic mass is 32.2. The van der Waals surface area contributed by atoms with E-state index >= 15 is 0 Å². The van der Waals surface area contributed by atoms with Crippen LogP contribution in [0.4, 0.5) is 10.5 Å². The molecular formula is C25H18N2O3S. The molecule has 0 aliphatic carbocycles. The van der Waals surface area contributed by atoms with Gasteiger partial charge in [-0.05, 0) is 29.0 Å². The van der Waals surface area contributed by atoms with Crippen LogP contribution < -0.4 is 4.90 Å². The van der Waals surface area contributed by atoms with E-state index in [9.17, 15) is 14.4 Å². The minimum absolute atomic E-state index is 0.186. The second-order valence-corrected chi connectivity index (χ2v) is 8.30. The summed E-state index contributed by atoms with van der Waals surface area (Å²) in [5, 5.41) is -0.358. The molecule has 31 heavy (non-hydrogen) atoms. The van der Waals surface area contributed by atoms with Crippen molar-refractivity contribution >= 4 is 40.1 Å². The fraction of sp³-hybridized carbons (Fsp3) is 0.0800. The number of rotatable bonds is 4. The van der Waals surface area contributed by atoms with Gasteiger partial charge < -0.3 is 4.90 Å². The smallest absolute Gasteiger partial charge is 0.293 e. The minimum atomic E-state index is -0.418. The number of fused-ring (bicyclic) bond motifs is 1. The molecule has 2 aliphatic rings. The van der Waals surface area contributed by atoms with Crippen LogP contribution in [0.5, 0.6) is 0 Å². The van der Waals surface area contributed by atoms with Crippen molar-refractivity contribution in [1.29, 1.82) is 0 Å². The molecule has 0 radical (unpaired) electrons. The molecule has 5 nitrogen and oxygen atoms in total. The molecule has 2 aliphatic heterocycles. The van der Waals surface area contributed by atoms with Crippen LogP contribution in [0.15, 0.2) is 89.8 Å². The zero-order valence-electron chi connectivity index (χ0n) is 16.5. The standard InChI is InChI=1S/C25H18N2O3S/c28-23-21(22-24(29)27(25(30)31-22)16-18-11-5-2-6-12-18)19-13-7-8-14-20(19)26(23)15-17-9-3-1-4-10-17/h1-14H,15-16H2/b22-21-. The van der Waals surface area contributed by atoms with Crippen molar-refractivity contribution in [1.82, 2.24) is 4.90 Å². The molecule has 3 amide bonds. The predicted molar refractivity (Wildman–Crippen MR) is 121 cm³/mol. The van der Waals surface area contributed by atoms with Crippen LogP contribution in [-0.2, 0) is 22.7 Å². The van der Waals surface area contributed by atoms with Gasteiger partial charge in [-0.1, -0.05) is 78.9 Å². The maximum Gasteiger partial charge on any atom is 0.293 e. The van der Waals surface area contributed by atoms with E-state index in [0.717, 1.165) is 28.6 Å². The first-order chi connectivity index (χ1) is 15.1. The average molecular weight is 426 g/mol. The zero-order chi connectivity index (χ0) is 21.4. The molecule has 0 aromatic heterocycles. The molecule has 1 fully saturated rings. The number of anilines is 1. The summed E-state index contributed by atoms with van der Waals surface area (Å²) in [7, 11) is 0. The zero-order valence-corrected chi connectivity index (χ0v) is 17.3. The third-order valence-electron chi connectivity index (χ3n) is 5.37. The largest absolute Gasteiger partial charge is 0.303 e. The molecule has 0 spiro atoms. The van der Waals surface area contributed by atoms with Gasteiger partial charge in [-0.2, -0.15) is 0 Å². The highest BCUT2D eigenvalue weighted by Gasteiger charge is 2.43. The van der Waals surface area contributed by atoms with Crippen molar-refractivity contribution in [3.63, 3.8) is 0 Å². The van der Waals surface area contributed by atoms with Gasteiger partial charge in [0.2, 0.25) is 0 Å². The van der Waals surface area contributed by atoms with Gasteiger partial charge >= 0.3 is 0 Å². The Hall–Kier alpha value is -3.64. The maximum absolute atomic E-state index is 13.4. The Morgan fingerprint density at radius 2 is 1.16 bits per heavy atom. The average Bonchev–Trinajstić information content (AvgIpc) is 3.23. The summed E-state index contributed by atoms with van der Waals surface area (Å²) in [4.78, 5) is 42.4. The summed E-state index contributed by atoms with van der Waals surface area (Å²) in [6.45, 7) is 0.583. The Kier molecular flexibility index (Phi) is 4.92. The predicted octanol–water partition coefficient (Wildman–Crippen LogP) is 4.84. The molecule has 0 atom stereocenters. The Labute approximate surface area is 184 Å². The van der Waals surface area contributed by atoms with E-state index in [1.165, 1.54) is 4.90 Å². The van der Waals surface area contributed by atoms with Gasteiger partial charge in [0.05, 0.1) is 29.3 Å². The third-order valence-corrected chi connectivity index (χ3v) is 6.34. The third kappa shape index (κ3) is 3.45. The number of carbonyl (C=O) groups is 3. The number of imide groups is 1. The maximum atomic E-state index is 13.4. The van der Waals surface area contributed by atoms with Gasteiger partial charge in [0.15, 0.2) is 0 Å². The second-order valence-electron chi connectivity index (χ2n) is 7.34. The molecular weight excluding hydrogens is 408 g/mol. The van der Waals surface area contributed by atoms with E-state index in [-0.39, 0.29) is 22.6 Å². The van der Waals surface area contributed by atoms with Crippen molar-refractivity contribution in [2.45, 2.75) is 13.1 Å². The quantitative estimate of drug-likeness (QED) is 0.560.